The molecule has 0 aliphatic carbocycles. The molecule has 1 aromatic heterocycles. The predicted octanol–water partition coefficient (Wildman–Crippen LogP) is 5.14. The van der Waals surface area contributed by atoms with E-state index in [4.69, 9.17) is 4.74 Å². The average molecular weight is 437 g/mol. The number of aryl methyl sites for hydroxylation is 2. The van der Waals surface area contributed by atoms with Gasteiger partial charge in [0.2, 0.25) is 0 Å². The number of aliphatic hydroxyl groups is 1. The Balaban J connectivity index is 1.93. The normalized spacial score (nSPS) is 17.9. The summed E-state index contributed by atoms with van der Waals surface area (Å²) in [5.41, 5.74) is 2.47. The van der Waals surface area contributed by atoms with Gasteiger partial charge in [0.1, 0.15) is 23.4 Å². The van der Waals surface area contributed by atoms with Crippen LogP contribution in [0.25, 0.3) is 5.76 Å². The van der Waals surface area contributed by atoms with Crippen molar-refractivity contribution < 1.29 is 23.8 Å². The van der Waals surface area contributed by atoms with Crippen molar-refractivity contribution in [2.24, 2.45) is 0 Å². The lowest BCUT2D eigenvalue weighted by Crippen LogP contribution is -2.29. The fourth-order valence-corrected chi connectivity index (χ4v) is 4.82. The van der Waals surface area contributed by atoms with E-state index < -0.39 is 23.5 Å². The zero-order valence-corrected chi connectivity index (χ0v) is 18.0. The number of Topliss-reactive ketones (excluding diaryl/α,β-unsaturated/α-hetero) is 1. The third-order valence-electron chi connectivity index (χ3n) is 5.37. The highest BCUT2D eigenvalue weighted by atomic mass is 32.1. The number of carbonyl (C=O) groups is 2. The van der Waals surface area contributed by atoms with Crippen molar-refractivity contribution in [3.63, 3.8) is 0 Å². The molecule has 1 N–H and O–H groups in total. The van der Waals surface area contributed by atoms with Crippen LogP contribution in [-0.4, -0.2) is 23.9 Å². The van der Waals surface area contributed by atoms with Crippen LogP contribution in [0.1, 0.15) is 27.6 Å². The van der Waals surface area contributed by atoms with Crippen molar-refractivity contribution in [1.29, 1.82) is 0 Å². The number of carbonyl (C=O) groups excluding carboxylic acids is 2. The Morgan fingerprint density at radius 2 is 1.77 bits per heavy atom. The number of benzene rings is 2. The number of hydrogen-bond acceptors (Lipinski definition) is 5. The Morgan fingerprint density at radius 3 is 2.35 bits per heavy atom. The Kier molecular flexibility index (Phi) is 5.37. The van der Waals surface area contributed by atoms with Gasteiger partial charge in [-0.25, -0.2) is 4.39 Å². The van der Waals surface area contributed by atoms with Gasteiger partial charge in [-0.15, -0.1) is 11.3 Å². The molecule has 1 unspecified atom stereocenters. The summed E-state index contributed by atoms with van der Waals surface area (Å²) < 4.78 is 18.7. The fourth-order valence-electron chi connectivity index (χ4n) is 3.79. The molecule has 1 amide bonds. The van der Waals surface area contributed by atoms with Gasteiger partial charge >= 0.3 is 0 Å². The van der Waals surface area contributed by atoms with Crippen LogP contribution in [-0.2, 0) is 9.59 Å². The lowest BCUT2D eigenvalue weighted by atomic mass is 9.97. The SMILES string of the molecule is COc1ccc(/C(O)=C2/C(=O)C(=O)N(c3ccc(F)cc3)C2c2sccc2C)cc1C. The summed E-state index contributed by atoms with van der Waals surface area (Å²) in [6, 6.07) is 11.5. The fraction of sp³-hybridized carbons (Fsp3) is 0.167. The molecule has 0 saturated carbocycles. The molecule has 4 rings (SSSR count). The number of ketones is 1. The topological polar surface area (TPSA) is 66.8 Å². The van der Waals surface area contributed by atoms with Crippen molar-refractivity contribution >= 4 is 34.5 Å². The number of thiophene rings is 1. The van der Waals surface area contributed by atoms with Gasteiger partial charge in [-0.2, -0.15) is 0 Å². The molecule has 0 radical (unpaired) electrons. The van der Waals surface area contributed by atoms with Crippen molar-refractivity contribution in [3.05, 3.63) is 86.9 Å². The molecule has 1 aliphatic rings. The standard InChI is InChI=1S/C24H20FNO4S/c1-13-10-11-31-23(13)20-19(21(27)15-4-9-18(30-3)14(2)12-15)22(28)24(29)26(20)17-7-5-16(25)6-8-17/h4-12,20,27H,1-3H3/b21-19-. The Morgan fingerprint density at radius 1 is 1.06 bits per heavy atom. The van der Waals surface area contributed by atoms with E-state index in [1.165, 1.54) is 40.5 Å². The zero-order valence-electron chi connectivity index (χ0n) is 17.2. The van der Waals surface area contributed by atoms with E-state index in [1.54, 1.807) is 25.3 Å². The lowest BCUT2D eigenvalue weighted by Gasteiger charge is -2.25. The summed E-state index contributed by atoms with van der Waals surface area (Å²) in [6.07, 6.45) is 0. The van der Waals surface area contributed by atoms with Crippen LogP contribution < -0.4 is 9.64 Å². The number of hydrogen-bond donors (Lipinski definition) is 1. The van der Waals surface area contributed by atoms with Gasteiger partial charge in [-0.3, -0.25) is 14.5 Å². The second kappa shape index (κ2) is 8.00. The Labute approximate surface area is 183 Å². The van der Waals surface area contributed by atoms with Crippen LogP contribution in [0.3, 0.4) is 0 Å². The molecular formula is C24H20FNO4S. The summed E-state index contributed by atoms with van der Waals surface area (Å²) in [6.45, 7) is 3.71. The highest BCUT2D eigenvalue weighted by Gasteiger charge is 2.47. The van der Waals surface area contributed by atoms with Crippen LogP contribution in [0.2, 0.25) is 0 Å². The van der Waals surface area contributed by atoms with E-state index in [0.717, 1.165) is 16.0 Å². The minimum Gasteiger partial charge on any atom is -0.507 e. The molecular weight excluding hydrogens is 417 g/mol. The number of methoxy groups -OCH3 is 1. The molecule has 0 bridgehead atoms. The quantitative estimate of drug-likeness (QED) is 0.349. The van der Waals surface area contributed by atoms with Crippen molar-refractivity contribution in [2.45, 2.75) is 19.9 Å². The first kappa shape index (κ1) is 20.8. The van der Waals surface area contributed by atoms with Gasteiger partial charge in [-0.1, -0.05) is 0 Å². The van der Waals surface area contributed by atoms with E-state index in [2.05, 4.69) is 0 Å². The molecule has 31 heavy (non-hydrogen) atoms. The number of ether oxygens (including phenoxy) is 1. The minimum absolute atomic E-state index is 0.00411. The maximum absolute atomic E-state index is 13.5. The van der Waals surface area contributed by atoms with E-state index in [1.807, 2.05) is 25.3 Å². The third-order valence-corrected chi connectivity index (χ3v) is 6.44. The van der Waals surface area contributed by atoms with E-state index >= 15 is 0 Å². The van der Waals surface area contributed by atoms with Crippen LogP contribution in [0, 0.1) is 19.7 Å². The molecule has 1 fully saturated rings. The first-order chi connectivity index (χ1) is 14.8. The number of anilines is 1. The number of rotatable bonds is 4. The molecule has 158 valence electrons. The largest absolute Gasteiger partial charge is 0.507 e. The Hall–Kier alpha value is -3.45. The number of aliphatic hydroxyl groups excluding tert-OH is 1. The molecule has 5 nitrogen and oxygen atoms in total. The highest BCUT2D eigenvalue weighted by molar-refractivity contribution is 7.10. The molecule has 2 aromatic carbocycles. The van der Waals surface area contributed by atoms with E-state index in [9.17, 15) is 19.1 Å². The van der Waals surface area contributed by atoms with Gasteiger partial charge in [0, 0.05) is 16.1 Å². The number of halogens is 1. The van der Waals surface area contributed by atoms with E-state index in [0.29, 0.717) is 17.0 Å². The molecule has 7 heteroatoms. The number of nitrogens with zero attached hydrogens (tertiary/aromatic N) is 1. The molecule has 1 aliphatic heterocycles. The van der Waals surface area contributed by atoms with Gasteiger partial charge in [0.25, 0.3) is 11.7 Å². The lowest BCUT2D eigenvalue weighted by molar-refractivity contribution is -0.132. The predicted molar refractivity (Wildman–Crippen MR) is 118 cm³/mol. The molecule has 3 aromatic rings. The first-order valence-corrected chi connectivity index (χ1v) is 10.5. The molecule has 1 atom stereocenters. The second-order valence-corrected chi connectivity index (χ2v) is 8.25. The summed E-state index contributed by atoms with van der Waals surface area (Å²) in [4.78, 5) is 28.2. The van der Waals surface area contributed by atoms with Gasteiger partial charge in [0.15, 0.2) is 0 Å². The van der Waals surface area contributed by atoms with Crippen LogP contribution in [0.5, 0.6) is 5.75 Å². The second-order valence-electron chi connectivity index (χ2n) is 7.30. The van der Waals surface area contributed by atoms with Crippen LogP contribution >= 0.6 is 11.3 Å². The van der Waals surface area contributed by atoms with Crippen molar-refractivity contribution in [1.82, 2.24) is 0 Å². The van der Waals surface area contributed by atoms with Crippen LogP contribution in [0.4, 0.5) is 10.1 Å². The average Bonchev–Trinajstić information content (AvgIpc) is 3.29. The van der Waals surface area contributed by atoms with Crippen molar-refractivity contribution in [3.8, 4) is 5.75 Å². The summed E-state index contributed by atoms with van der Waals surface area (Å²) >= 11 is 1.39. The molecule has 1 saturated heterocycles. The first-order valence-electron chi connectivity index (χ1n) is 9.59. The summed E-state index contributed by atoms with van der Waals surface area (Å²) in [7, 11) is 1.55. The summed E-state index contributed by atoms with van der Waals surface area (Å²) in [5.74, 6) is -1.61. The monoisotopic (exact) mass is 437 g/mol. The van der Waals surface area contributed by atoms with Gasteiger partial charge in [0.05, 0.1) is 12.7 Å². The zero-order chi connectivity index (χ0) is 22.3. The molecule has 2 heterocycles. The van der Waals surface area contributed by atoms with Crippen molar-refractivity contribution in [2.75, 3.05) is 12.0 Å². The number of amides is 1. The maximum Gasteiger partial charge on any atom is 0.300 e. The van der Waals surface area contributed by atoms with Crippen LogP contribution in [0.15, 0.2) is 59.5 Å². The highest BCUT2D eigenvalue weighted by Crippen LogP contribution is 2.45. The molecule has 0 spiro atoms. The van der Waals surface area contributed by atoms with Gasteiger partial charge < -0.3 is 9.84 Å². The third kappa shape index (κ3) is 3.51. The maximum atomic E-state index is 13.5. The van der Waals surface area contributed by atoms with Gasteiger partial charge in [-0.05, 0) is 78.9 Å². The van der Waals surface area contributed by atoms with E-state index in [-0.39, 0.29) is 11.3 Å². The minimum atomic E-state index is -0.812. The summed E-state index contributed by atoms with van der Waals surface area (Å²) in [5, 5.41) is 13.0. The smallest absolute Gasteiger partial charge is 0.300 e. The Bertz CT molecular complexity index is 1210.